The van der Waals surface area contributed by atoms with Gasteiger partial charge >= 0.3 is 0 Å². The zero-order valence-corrected chi connectivity index (χ0v) is 26.7. The third kappa shape index (κ3) is 24.8. The fourth-order valence-electron chi connectivity index (χ4n) is 5.75. The molecule has 0 aliphatic heterocycles. The molecule has 0 spiro atoms. The topological polar surface area (TPSA) is 80.4 Å². The molecule has 0 fully saturated rings. The first-order valence-corrected chi connectivity index (χ1v) is 17.4. The fraction of sp³-hybridized carbons (Fsp3) is 0.943. The largest absolute Gasteiger partial charge is 0.375 e. The first kappa shape index (κ1) is 38.3. The van der Waals surface area contributed by atoms with Crippen LogP contribution >= 0.6 is 0 Å². The van der Waals surface area contributed by atoms with Gasteiger partial charge in [0, 0.05) is 12.8 Å². The summed E-state index contributed by atoms with van der Waals surface area (Å²) in [7, 11) is 0. The third-order valence-electron chi connectivity index (χ3n) is 8.28. The Morgan fingerprint density at radius 1 is 0.487 bits per heavy atom. The molecule has 0 aromatic carbocycles. The highest BCUT2D eigenvalue weighted by Gasteiger charge is 2.38. The van der Waals surface area contributed by atoms with E-state index in [0.717, 1.165) is 38.5 Å². The highest BCUT2D eigenvalue weighted by Crippen LogP contribution is 2.22. The van der Waals surface area contributed by atoms with Crippen LogP contribution in [0.4, 0.5) is 0 Å². The summed E-state index contributed by atoms with van der Waals surface area (Å²) >= 11 is 0. The zero-order valence-electron chi connectivity index (χ0n) is 26.7. The summed E-state index contributed by atoms with van der Waals surface area (Å²) in [6, 6.07) is 0. The molecule has 4 nitrogen and oxygen atoms in total. The van der Waals surface area contributed by atoms with Crippen LogP contribution in [0.2, 0.25) is 0 Å². The normalized spacial score (nSPS) is 13.2. The van der Waals surface area contributed by atoms with Gasteiger partial charge in [-0.1, -0.05) is 168 Å². The van der Waals surface area contributed by atoms with E-state index < -0.39 is 11.6 Å². The summed E-state index contributed by atoms with van der Waals surface area (Å²) in [5.41, 5.74) is 4.12. The smallest absolute Gasteiger partial charge is 0.147 e. The number of hydrogen-bond donors (Lipinski definition) is 2. The molecule has 39 heavy (non-hydrogen) atoms. The standard InChI is InChI=1S/C35H69NO3/c1-4-6-8-10-12-14-16-18-20-22-24-26-28-30-32(37)34(35(3,36)39)33(38)31-29-27-25-23-21-19-17-15-13-11-9-7-5-2/h34,39H,4-31,36H2,1-3H3. The van der Waals surface area contributed by atoms with E-state index in [1.54, 1.807) is 0 Å². The van der Waals surface area contributed by atoms with Crippen molar-refractivity contribution in [2.75, 3.05) is 0 Å². The Morgan fingerprint density at radius 3 is 0.897 bits per heavy atom. The van der Waals surface area contributed by atoms with Gasteiger partial charge < -0.3 is 10.8 Å². The maximum absolute atomic E-state index is 12.8. The molecular weight excluding hydrogens is 482 g/mol. The van der Waals surface area contributed by atoms with E-state index in [1.807, 2.05) is 0 Å². The number of hydrogen-bond acceptors (Lipinski definition) is 4. The highest BCUT2D eigenvalue weighted by molar-refractivity contribution is 6.03. The summed E-state index contributed by atoms with van der Waals surface area (Å²) in [4.78, 5) is 25.6. The minimum Gasteiger partial charge on any atom is -0.375 e. The third-order valence-corrected chi connectivity index (χ3v) is 8.28. The monoisotopic (exact) mass is 552 g/mol. The van der Waals surface area contributed by atoms with E-state index in [9.17, 15) is 14.7 Å². The van der Waals surface area contributed by atoms with E-state index in [-0.39, 0.29) is 11.6 Å². The maximum Gasteiger partial charge on any atom is 0.147 e. The first-order chi connectivity index (χ1) is 18.8. The Hall–Kier alpha value is -0.740. The average Bonchev–Trinajstić information content (AvgIpc) is 2.88. The molecule has 1 atom stereocenters. The lowest BCUT2D eigenvalue weighted by Gasteiger charge is -2.27. The molecule has 0 saturated carbocycles. The predicted molar refractivity (Wildman–Crippen MR) is 169 cm³/mol. The van der Waals surface area contributed by atoms with Gasteiger partial charge in [-0.3, -0.25) is 9.59 Å². The Morgan fingerprint density at radius 2 is 0.692 bits per heavy atom. The first-order valence-electron chi connectivity index (χ1n) is 17.4. The molecule has 232 valence electrons. The zero-order chi connectivity index (χ0) is 29.0. The van der Waals surface area contributed by atoms with Crippen molar-refractivity contribution in [3.05, 3.63) is 0 Å². The molecule has 1 unspecified atom stereocenters. The molecule has 0 radical (unpaired) electrons. The predicted octanol–water partition coefficient (Wildman–Crippen LogP) is 10.4. The van der Waals surface area contributed by atoms with E-state index >= 15 is 0 Å². The SMILES string of the molecule is CCCCCCCCCCCCCCCC(=O)C(C(=O)CCCCCCCCCCCCCCC)C(C)(N)O. The summed E-state index contributed by atoms with van der Waals surface area (Å²) < 4.78 is 0. The molecule has 0 saturated heterocycles. The van der Waals surface area contributed by atoms with Crippen molar-refractivity contribution in [2.45, 2.75) is 206 Å². The molecule has 0 rings (SSSR count). The van der Waals surface area contributed by atoms with E-state index in [0.29, 0.717) is 12.8 Å². The Balaban J connectivity index is 3.85. The molecule has 0 aromatic heterocycles. The maximum atomic E-state index is 12.8. The van der Waals surface area contributed by atoms with E-state index in [2.05, 4.69) is 13.8 Å². The quantitative estimate of drug-likeness (QED) is 0.0510. The van der Waals surface area contributed by atoms with Crippen LogP contribution in [0.3, 0.4) is 0 Å². The van der Waals surface area contributed by atoms with Crippen molar-refractivity contribution >= 4 is 11.6 Å². The number of unbranched alkanes of at least 4 members (excludes halogenated alkanes) is 24. The van der Waals surface area contributed by atoms with Crippen molar-refractivity contribution in [1.82, 2.24) is 0 Å². The minimum absolute atomic E-state index is 0.176. The number of aliphatic hydroxyl groups is 1. The second-order valence-electron chi connectivity index (χ2n) is 12.6. The summed E-state index contributed by atoms with van der Waals surface area (Å²) in [6.07, 6.45) is 33.3. The number of rotatable bonds is 31. The molecule has 0 aliphatic rings. The Labute approximate surface area is 244 Å². The van der Waals surface area contributed by atoms with Crippen LogP contribution in [0.1, 0.15) is 201 Å². The van der Waals surface area contributed by atoms with Gasteiger partial charge in [-0.15, -0.1) is 0 Å². The lowest BCUT2D eigenvalue weighted by molar-refractivity contribution is -0.143. The number of carbonyl (C=O) groups excluding carboxylic acids is 2. The van der Waals surface area contributed by atoms with Gasteiger partial charge in [-0.05, 0) is 19.8 Å². The van der Waals surface area contributed by atoms with Gasteiger partial charge in [-0.25, -0.2) is 0 Å². The Bertz CT molecular complexity index is 513. The lowest BCUT2D eigenvalue weighted by Crippen LogP contribution is -2.51. The lowest BCUT2D eigenvalue weighted by atomic mass is 9.84. The number of carbonyl (C=O) groups is 2. The molecule has 0 aliphatic carbocycles. The van der Waals surface area contributed by atoms with Crippen LogP contribution in [-0.4, -0.2) is 22.4 Å². The molecular formula is C35H69NO3. The molecule has 0 aromatic rings. The molecule has 3 N–H and O–H groups in total. The van der Waals surface area contributed by atoms with Crippen molar-refractivity contribution < 1.29 is 14.7 Å². The number of nitrogens with two attached hydrogens (primary N) is 1. The van der Waals surface area contributed by atoms with Crippen LogP contribution < -0.4 is 5.73 Å². The average molecular weight is 552 g/mol. The van der Waals surface area contributed by atoms with Crippen LogP contribution in [0.15, 0.2) is 0 Å². The second-order valence-corrected chi connectivity index (χ2v) is 12.6. The summed E-state index contributed by atoms with van der Waals surface area (Å²) in [5, 5.41) is 10.4. The van der Waals surface area contributed by atoms with Gasteiger partial charge in [0.25, 0.3) is 0 Å². The summed E-state index contributed by atoms with van der Waals surface area (Å²) in [6.45, 7) is 5.93. The van der Waals surface area contributed by atoms with Gasteiger partial charge in [0.15, 0.2) is 0 Å². The minimum atomic E-state index is -1.76. The van der Waals surface area contributed by atoms with Crippen LogP contribution in [0.25, 0.3) is 0 Å². The fourth-order valence-corrected chi connectivity index (χ4v) is 5.75. The number of Topliss-reactive ketones (excluding diaryl/α,β-unsaturated/α-hetero) is 2. The molecule has 0 heterocycles. The van der Waals surface area contributed by atoms with E-state index in [4.69, 9.17) is 5.73 Å². The van der Waals surface area contributed by atoms with Gasteiger partial charge in [0.05, 0.1) is 0 Å². The van der Waals surface area contributed by atoms with Crippen LogP contribution in [0, 0.1) is 5.92 Å². The van der Waals surface area contributed by atoms with Crippen molar-refractivity contribution in [1.29, 1.82) is 0 Å². The van der Waals surface area contributed by atoms with Crippen molar-refractivity contribution in [3.63, 3.8) is 0 Å². The summed E-state index contributed by atoms with van der Waals surface area (Å²) in [5.74, 6) is -1.43. The molecule has 0 bridgehead atoms. The number of ketones is 2. The van der Waals surface area contributed by atoms with E-state index in [1.165, 1.54) is 135 Å². The molecule has 0 amide bonds. The second kappa shape index (κ2) is 27.4. The van der Waals surface area contributed by atoms with Gasteiger partial charge in [0.1, 0.15) is 23.2 Å². The highest BCUT2D eigenvalue weighted by atomic mass is 16.3. The van der Waals surface area contributed by atoms with Gasteiger partial charge in [-0.2, -0.15) is 0 Å². The van der Waals surface area contributed by atoms with Gasteiger partial charge in [0.2, 0.25) is 0 Å². The molecule has 4 heteroatoms. The van der Waals surface area contributed by atoms with Crippen LogP contribution in [0.5, 0.6) is 0 Å². The van der Waals surface area contributed by atoms with Crippen molar-refractivity contribution in [2.24, 2.45) is 11.7 Å². The van der Waals surface area contributed by atoms with Crippen molar-refractivity contribution in [3.8, 4) is 0 Å². The Kier molecular flexibility index (Phi) is 26.9. The van der Waals surface area contributed by atoms with Crippen LogP contribution in [-0.2, 0) is 9.59 Å².